The molecule has 1 atom stereocenters. The first-order valence-corrected chi connectivity index (χ1v) is 13.8. The number of anilines is 4. The molecule has 37 heavy (non-hydrogen) atoms. The van der Waals surface area contributed by atoms with Crippen LogP contribution in [0.4, 0.5) is 22.7 Å². The minimum absolute atomic E-state index is 0.0369. The average Bonchev–Trinajstić information content (AvgIpc) is 3.76. The highest BCUT2D eigenvalue weighted by Crippen LogP contribution is 2.61. The second kappa shape index (κ2) is 6.40. The molecule has 0 bridgehead atoms. The fourth-order valence-electron chi connectivity index (χ4n) is 7.24. The Bertz CT molecular complexity index is 1910. The van der Waals surface area contributed by atoms with Crippen molar-refractivity contribution in [2.45, 2.75) is 15.7 Å². The van der Waals surface area contributed by atoms with Crippen molar-refractivity contribution in [2.75, 3.05) is 9.62 Å². The molecular formula is C33H19BN2S. The Balaban J connectivity index is 1.40. The van der Waals surface area contributed by atoms with E-state index in [2.05, 4.69) is 119 Å². The zero-order chi connectivity index (χ0) is 23.8. The van der Waals surface area contributed by atoms with Gasteiger partial charge in [0.2, 0.25) is 0 Å². The number of nitrogens with zero attached hydrogens (tertiary/aromatic N) is 2. The molecule has 0 saturated heterocycles. The summed E-state index contributed by atoms with van der Waals surface area (Å²) in [6.07, 6.45) is 2.44. The number of rotatable bonds is 0. The van der Waals surface area contributed by atoms with Crippen molar-refractivity contribution < 1.29 is 0 Å². The number of hydrogen-bond donors (Lipinski definition) is 0. The Morgan fingerprint density at radius 2 is 1.16 bits per heavy atom. The highest BCUT2D eigenvalue weighted by Gasteiger charge is 2.52. The van der Waals surface area contributed by atoms with Crippen LogP contribution in [-0.4, -0.2) is 6.98 Å². The highest BCUT2D eigenvalue weighted by molar-refractivity contribution is 7.99. The first-order valence-electron chi connectivity index (χ1n) is 12.9. The van der Waals surface area contributed by atoms with Crippen molar-refractivity contribution in [2.24, 2.45) is 0 Å². The molecule has 0 radical (unpaired) electrons. The first kappa shape index (κ1) is 19.0. The molecule has 0 spiro atoms. The highest BCUT2D eigenvalue weighted by atomic mass is 32.2. The lowest BCUT2D eigenvalue weighted by Crippen LogP contribution is -2.62. The fourth-order valence-corrected chi connectivity index (χ4v) is 8.35. The normalized spacial score (nSPS) is 17.9. The molecule has 0 amide bonds. The maximum Gasteiger partial charge on any atom is 0.422 e. The predicted molar refractivity (Wildman–Crippen MR) is 155 cm³/mol. The lowest BCUT2D eigenvalue weighted by molar-refractivity contribution is 1.17. The number of benzene rings is 5. The Labute approximate surface area is 220 Å². The number of para-hydroxylation sites is 4. The van der Waals surface area contributed by atoms with Gasteiger partial charge in [-0.05, 0) is 52.0 Å². The summed E-state index contributed by atoms with van der Waals surface area (Å²) in [5.74, 6) is 0.404. The topological polar surface area (TPSA) is 6.48 Å². The van der Waals surface area contributed by atoms with Gasteiger partial charge in [-0.15, -0.1) is 0 Å². The van der Waals surface area contributed by atoms with Gasteiger partial charge >= 0.3 is 6.98 Å². The summed E-state index contributed by atoms with van der Waals surface area (Å²) in [6, 6.07) is 38.7. The van der Waals surface area contributed by atoms with Crippen LogP contribution in [-0.2, 0) is 0 Å². The molecular weight excluding hydrogens is 467 g/mol. The molecule has 5 aromatic carbocycles. The van der Waals surface area contributed by atoms with Gasteiger partial charge in [-0.25, -0.2) is 0 Å². The average molecular weight is 486 g/mol. The van der Waals surface area contributed by atoms with E-state index in [1.807, 2.05) is 11.8 Å². The quantitative estimate of drug-likeness (QED) is 0.205. The van der Waals surface area contributed by atoms with Crippen molar-refractivity contribution in [3.05, 3.63) is 120 Å². The maximum absolute atomic E-state index is 2.67. The first-order chi connectivity index (χ1) is 18.4. The largest absolute Gasteiger partial charge is 0.422 e. The van der Waals surface area contributed by atoms with Gasteiger partial charge in [-0.3, -0.25) is 0 Å². The molecule has 0 saturated carbocycles. The van der Waals surface area contributed by atoms with E-state index in [0.29, 0.717) is 5.92 Å². The molecule has 5 aromatic rings. The molecule has 10 rings (SSSR count). The molecule has 170 valence electrons. The zero-order valence-corrected chi connectivity index (χ0v) is 20.7. The van der Waals surface area contributed by atoms with Gasteiger partial charge in [0.1, 0.15) is 0 Å². The third-order valence-electron chi connectivity index (χ3n) is 8.71. The van der Waals surface area contributed by atoms with Crippen LogP contribution < -0.4 is 15.1 Å². The van der Waals surface area contributed by atoms with Crippen molar-refractivity contribution in [1.82, 2.24) is 0 Å². The molecule has 2 nitrogen and oxygen atoms in total. The number of fused-ring (bicyclic) bond motifs is 11. The van der Waals surface area contributed by atoms with Crippen LogP contribution in [0.3, 0.4) is 0 Å². The van der Waals surface area contributed by atoms with Crippen LogP contribution in [0.25, 0.3) is 27.8 Å². The monoisotopic (exact) mass is 486 g/mol. The molecule has 0 N–H and O–H groups in total. The lowest BCUT2D eigenvalue weighted by Gasteiger charge is -2.50. The summed E-state index contributed by atoms with van der Waals surface area (Å²) in [5.41, 5.74) is 16.4. The Kier molecular flexibility index (Phi) is 3.29. The third kappa shape index (κ3) is 2.19. The summed E-state index contributed by atoms with van der Waals surface area (Å²) in [5, 5.41) is 0. The second-order valence-corrected chi connectivity index (χ2v) is 11.5. The summed E-state index contributed by atoms with van der Waals surface area (Å²) in [6.45, 7) is 0.0369. The van der Waals surface area contributed by atoms with E-state index in [1.54, 1.807) is 0 Å². The lowest BCUT2D eigenvalue weighted by atomic mass is 9.53. The van der Waals surface area contributed by atoms with Crippen molar-refractivity contribution >= 4 is 52.5 Å². The van der Waals surface area contributed by atoms with Gasteiger partial charge < -0.3 is 9.62 Å². The van der Waals surface area contributed by atoms with Gasteiger partial charge in [0.05, 0.1) is 5.69 Å². The van der Waals surface area contributed by atoms with E-state index < -0.39 is 0 Å². The second-order valence-electron chi connectivity index (χ2n) is 10.5. The van der Waals surface area contributed by atoms with Crippen LogP contribution in [0.5, 0.6) is 0 Å². The van der Waals surface area contributed by atoms with Crippen molar-refractivity contribution in [3.63, 3.8) is 0 Å². The maximum atomic E-state index is 2.67. The van der Waals surface area contributed by atoms with Crippen molar-refractivity contribution in [1.29, 1.82) is 0 Å². The molecule has 1 aliphatic carbocycles. The van der Waals surface area contributed by atoms with Gasteiger partial charge in [0, 0.05) is 49.5 Å². The van der Waals surface area contributed by atoms with E-state index in [1.165, 1.54) is 77.0 Å². The van der Waals surface area contributed by atoms with Crippen LogP contribution in [0, 0.1) is 0 Å². The van der Waals surface area contributed by atoms with Gasteiger partial charge in [-0.1, -0.05) is 96.7 Å². The standard InChI is InChI=1S/C33H19BN2S/c1-2-14-27-19(8-1)25-18-26(25)24-12-6-11-22-20-9-5-10-21-23-13-7-17-30-33(23)36(28-15-3-4-16-29(28)37-30)34(31(20)21)35(27)32(22)24/h1-18,26H. The van der Waals surface area contributed by atoms with E-state index >= 15 is 0 Å². The van der Waals surface area contributed by atoms with Crippen LogP contribution in [0.15, 0.2) is 119 Å². The van der Waals surface area contributed by atoms with E-state index in [0.717, 1.165) is 0 Å². The Morgan fingerprint density at radius 1 is 0.541 bits per heavy atom. The fraction of sp³-hybridized carbons (Fsp3) is 0.0303. The molecule has 0 fully saturated rings. The number of allylic oxidation sites excluding steroid dienone is 2. The summed E-state index contributed by atoms with van der Waals surface area (Å²) in [7, 11) is 0. The Morgan fingerprint density at radius 3 is 2.05 bits per heavy atom. The zero-order valence-electron chi connectivity index (χ0n) is 19.8. The Hall–Kier alpha value is -4.15. The molecule has 1 unspecified atom stereocenters. The van der Waals surface area contributed by atoms with Crippen LogP contribution >= 0.6 is 11.8 Å². The van der Waals surface area contributed by atoms with E-state index in [4.69, 9.17) is 0 Å². The minimum atomic E-state index is 0.0369. The smallest absolute Gasteiger partial charge is 0.360 e. The van der Waals surface area contributed by atoms with Crippen LogP contribution in [0.1, 0.15) is 17.0 Å². The molecule has 4 heteroatoms. The summed E-state index contributed by atoms with van der Waals surface area (Å²) >= 11 is 1.90. The molecule has 0 aromatic heterocycles. The molecule has 4 aliphatic heterocycles. The van der Waals surface area contributed by atoms with Gasteiger partial charge in [-0.2, -0.15) is 0 Å². The molecule has 5 aliphatic rings. The van der Waals surface area contributed by atoms with Gasteiger partial charge in [0.15, 0.2) is 0 Å². The van der Waals surface area contributed by atoms with Crippen molar-refractivity contribution in [3.8, 4) is 22.3 Å². The van der Waals surface area contributed by atoms with Crippen LogP contribution in [0.2, 0.25) is 0 Å². The molecule has 4 heterocycles. The van der Waals surface area contributed by atoms with E-state index in [-0.39, 0.29) is 6.98 Å². The van der Waals surface area contributed by atoms with E-state index in [9.17, 15) is 0 Å². The van der Waals surface area contributed by atoms with Gasteiger partial charge in [0.25, 0.3) is 0 Å². The predicted octanol–water partition coefficient (Wildman–Crippen LogP) is 7.98. The number of hydrogen-bond acceptors (Lipinski definition) is 3. The minimum Gasteiger partial charge on any atom is -0.360 e. The SMILES string of the molecule is C1=C2c3ccccc3N3B4c5c(cccc5-c5cccc(c53)C12)-c1cccc2c1N4c1ccccc1S2. The summed E-state index contributed by atoms with van der Waals surface area (Å²) in [4.78, 5) is 7.97. The third-order valence-corrected chi connectivity index (χ3v) is 9.82. The summed E-state index contributed by atoms with van der Waals surface area (Å²) < 4.78 is 0.